The molecule has 0 unspecified atom stereocenters. The van der Waals surface area contributed by atoms with E-state index in [4.69, 9.17) is 5.73 Å². The number of aromatic nitrogens is 1. The first-order chi connectivity index (χ1) is 7.25. The van der Waals surface area contributed by atoms with Crippen molar-refractivity contribution in [1.29, 1.82) is 0 Å². The Balaban J connectivity index is 2.03. The highest BCUT2D eigenvalue weighted by Gasteiger charge is 2.11. The first kappa shape index (κ1) is 10.7. The topological polar surface area (TPSA) is 54.2 Å². The van der Waals surface area contributed by atoms with E-state index in [-0.39, 0.29) is 0 Å². The van der Waals surface area contributed by atoms with Crippen LogP contribution in [-0.2, 0) is 0 Å². The monoisotopic (exact) mass is 270 g/mol. The molecule has 15 heavy (non-hydrogen) atoms. The van der Waals surface area contributed by atoms with Crippen molar-refractivity contribution in [3.8, 4) is 0 Å². The Kier molecular flexibility index (Phi) is 3.43. The number of hydrazine groups is 1. The third-order valence-corrected chi connectivity index (χ3v) is 2.94. The number of halogens is 1. The van der Waals surface area contributed by atoms with E-state index < -0.39 is 0 Å². The van der Waals surface area contributed by atoms with Gasteiger partial charge in [0.05, 0.1) is 5.69 Å². The van der Waals surface area contributed by atoms with Gasteiger partial charge in [0.15, 0.2) is 5.82 Å². The predicted molar refractivity (Wildman–Crippen MR) is 65.4 cm³/mol. The highest BCUT2D eigenvalue weighted by atomic mass is 79.9. The average molecular weight is 271 g/mol. The van der Waals surface area contributed by atoms with Crippen LogP contribution in [-0.4, -0.2) is 23.1 Å². The molecule has 0 radical (unpaired) electrons. The minimum Gasteiger partial charge on any atom is -0.396 e. The zero-order valence-electron chi connectivity index (χ0n) is 8.54. The second kappa shape index (κ2) is 4.81. The van der Waals surface area contributed by atoms with E-state index in [9.17, 15) is 0 Å². The number of hydrogen-bond acceptors (Lipinski definition) is 4. The van der Waals surface area contributed by atoms with E-state index >= 15 is 0 Å². The van der Waals surface area contributed by atoms with Crippen LogP contribution in [0.1, 0.15) is 19.3 Å². The summed E-state index contributed by atoms with van der Waals surface area (Å²) in [7, 11) is 0. The van der Waals surface area contributed by atoms with Gasteiger partial charge in [-0.1, -0.05) is 6.42 Å². The molecule has 1 fully saturated rings. The molecule has 1 aliphatic heterocycles. The lowest BCUT2D eigenvalue weighted by Crippen LogP contribution is -2.35. The molecule has 1 aliphatic rings. The summed E-state index contributed by atoms with van der Waals surface area (Å²) in [4.78, 5) is 4.25. The van der Waals surface area contributed by atoms with Gasteiger partial charge in [-0.25, -0.2) is 9.99 Å². The van der Waals surface area contributed by atoms with Gasteiger partial charge in [0.1, 0.15) is 0 Å². The van der Waals surface area contributed by atoms with E-state index in [1.807, 2.05) is 6.07 Å². The van der Waals surface area contributed by atoms with Crippen molar-refractivity contribution in [3.05, 3.63) is 16.7 Å². The Morgan fingerprint density at radius 3 is 2.73 bits per heavy atom. The molecule has 0 bridgehead atoms. The van der Waals surface area contributed by atoms with Gasteiger partial charge >= 0.3 is 0 Å². The van der Waals surface area contributed by atoms with Gasteiger partial charge in [0.25, 0.3) is 0 Å². The molecule has 2 rings (SSSR count). The van der Waals surface area contributed by atoms with Crippen LogP contribution in [0, 0.1) is 0 Å². The summed E-state index contributed by atoms with van der Waals surface area (Å²) in [5, 5.41) is 2.18. The van der Waals surface area contributed by atoms with Gasteiger partial charge in [-0.15, -0.1) is 0 Å². The lowest BCUT2D eigenvalue weighted by Gasteiger charge is -2.27. The number of anilines is 2. The molecule has 1 aromatic heterocycles. The maximum absolute atomic E-state index is 5.86. The van der Waals surface area contributed by atoms with Crippen LogP contribution in [0.4, 0.5) is 11.5 Å². The van der Waals surface area contributed by atoms with Crippen molar-refractivity contribution < 1.29 is 0 Å². The molecule has 2 heterocycles. The van der Waals surface area contributed by atoms with Crippen LogP contribution in [0.5, 0.6) is 0 Å². The number of nitrogens with one attached hydrogen (secondary N) is 1. The molecule has 1 saturated heterocycles. The summed E-state index contributed by atoms with van der Waals surface area (Å²) in [6.07, 6.45) is 5.55. The number of nitrogens with zero attached hydrogens (tertiary/aromatic N) is 2. The fourth-order valence-corrected chi connectivity index (χ4v) is 2.05. The summed E-state index contributed by atoms with van der Waals surface area (Å²) in [5.41, 5.74) is 9.79. The lowest BCUT2D eigenvalue weighted by atomic mass is 10.2. The molecule has 4 nitrogen and oxygen atoms in total. The molecule has 3 N–H and O–H groups in total. The van der Waals surface area contributed by atoms with Crippen molar-refractivity contribution in [3.63, 3.8) is 0 Å². The van der Waals surface area contributed by atoms with E-state index in [1.165, 1.54) is 19.3 Å². The standard InChI is InChI=1S/C10H15BrN4/c11-8-6-9(12)10(13-7-8)14-15-4-2-1-3-5-15/h6-7H,1-5,12H2,(H,13,14). The molecule has 5 heteroatoms. The fourth-order valence-electron chi connectivity index (χ4n) is 1.70. The lowest BCUT2D eigenvalue weighted by molar-refractivity contribution is 0.272. The molecule has 0 saturated carbocycles. The quantitative estimate of drug-likeness (QED) is 0.866. The molecular formula is C10H15BrN4. The first-order valence-corrected chi connectivity index (χ1v) is 5.97. The summed E-state index contributed by atoms with van der Waals surface area (Å²) < 4.78 is 0.907. The summed E-state index contributed by atoms with van der Waals surface area (Å²) in [6.45, 7) is 2.13. The van der Waals surface area contributed by atoms with Crippen molar-refractivity contribution >= 4 is 27.4 Å². The fraction of sp³-hybridized carbons (Fsp3) is 0.500. The average Bonchev–Trinajstić information content (AvgIpc) is 2.24. The van der Waals surface area contributed by atoms with Gasteiger partial charge in [-0.2, -0.15) is 0 Å². The molecule has 0 amide bonds. The van der Waals surface area contributed by atoms with Crippen LogP contribution in [0.3, 0.4) is 0 Å². The molecule has 82 valence electrons. The number of nitrogens with two attached hydrogens (primary N) is 1. The minimum atomic E-state index is 0.676. The summed E-state index contributed by atoms with van der Waals surface area (Å²) in [5.74, 6) is 0.750. The largest absolute Gasteiger partial charge is 0.396 e. The van der Waals surface area contributed by atoms with Gasteiger partial charge in [-0.05, 0) is 34.8 Å². The van der Waals surface area contributed by atoms with Gasteiger partial charge in [-0.3, -0.25) is 0 Å². The van der Waals surface area contributed by atoms with Crippen molar-refractivity contribution in [2.24, 2.45) is 0 Å². The molecule has 1 aromatic rings. The van der Waals surface area contributed by atoms with Gasteiger partial charge in [0, 0.05) is 23.8 Å². The smallest absolute Gasteiger partial charge is 0.163 e. The van der Waals surface area contributed by atoms with Crippen LogP contribution >= 0.6 is 15.9 Å². The maximum atomic E-state index is 5.86. The normalized spacial score (nSPS) is 17.7. The van der Waals surface area contributed by atoms with Crippen LogP contribution < -0.4 is 11.2 Å². The van der Waals surface area contributed by atoms with Crippen molar-refractivity contribution in [2.45, 2.75) is 19.3 Å². The Morgan fingerprint density at radius 2 is 2.07 bits per heavy atom. The Hall–Kier alpha value is -0.810. The van der Waals surface area contributed by atoms with E-state index in [0.29, 0.717) is 5.69 Å². The predicted octanol–water partition coefficient (Wildman–Crippen LogP) is 2.24. The zero-order chi connectivity index (χ0) is 10.7. The molecular weight excluding hydrogens is 256 g/mol. The number of hydrogen-bond donors (Lipinski definition) is 2. The Morgan fingerprint density at radius 1 is 1.33 bits per heavy atom. The first-order valence-electron chi connectivity index (χ1n) is 5.18. The molecule has 0 aromatic carbocycles. The molecule has 0 spiro atoms. The second-order valence-corrected chi connectivity index (χ2v) is 4.67. The number of rotatable bonds is 2. The maximum Gasteiger partial charge on any atom is 0.163 e. The highest BCUT2D eigenvalue weighted by molar-refractivity contribution is 9.10. The van der Waals surface area contributed by atoms with Crippen LogP contribution in [0.25, 0.3) is 0 Å². The van der Waals surface area contributed by atoms with Crippen LogP contribution in [0.15, 0.2) is 16.7 Å². The number of piperidine rings is 1. The van der Waals surface area contributed by atoms with Crippen molar-refractivity contribution in [2.75, 3.05) is 24.2 Å². The van der Waals surface area contributed by atoms with E-state index in [1.54, 1.807) is 6.20 Å². The highest BCUT2D eigenvalue weighted by Crippen LogP contribution is 2.21. The minimum absolute atomic E-state index is 0.676. The molecule has 0 atom stereocenters. The van der Waals surface area contributed by atoms with Gasteiger partial charge in [0.2, 0.25) is 0 Å². The van der Waals surface area contributed by atoms with E-state index in [0.717, 1.165) is 23.4 Å². The zero-order valence-corrected chi connectivity index (χ0v) is 10.1. The summed E-state index contributed by atoms with van der Waals surface area (Å²) >= 11 is 3.34. The number of pyridine rings is 1. The number of nitrogen functional groups attached to an aromatic ring is 1. The van der Waals surface area contributed by atoms with Crippen LogP contribution in [0.2, 0.25) is 0 Å². The second-order valence-electron chi connectivity index (χ2n) is 3.75. The van der Waals surface area contributed by atoms with Crippen molar-refractivity contribution in [1.82, 2.24) is 9.99 Å². The third-order valence-electron chi connectivity index (χ3n) is 2.50. The summed E-state index contributed by atoms with van der Waals surface area (Å²) in [6, 6.07) is 1.86. The SMILES string of the molecule is Nc1cc(Br)cnc1NN1CCCCC1. The molecule has 0 aliphatic carbocycles. The Labute approximate surface area is 98.0 Å². The van der Waals surface area contributed by atoms with Gasteiger partial charge < -0.3 is 11.2 Å². The Bertz CT molecular complexity index is 336. The third kappa shape index (κ3) is 2.82. The van der Waals surface area contributed by atoms with E-state index in [2.05, 4.69) is 31.3 Å².